The second-order valence-corrected chi connectivity index (χ2v) is 5.82. The number of rotatable bonds is 5. The fraction of sp³-hybridized carbons (Fsp3) is 0.294. The van der Waals surface area contributed by atoms with Crippen molar-refractivity contribution < 1.29 is 9.32 Å². The lowest BCUT2D eigenvalue weighted by atomic mass is 10.1. The highest BCUT2D eigenvalue weighted by Crippen LogP contribution is 2.24. The molecule has 7 heteroatoms. The zero-order chi connectivity index (χ0) is 17.1. The molecule has 1 aromatic carbocycles. The molecule has 3 aromatic rings. The summed E-state index contributed by atoms with van der Waals surface area (Å²) in [4.78, 5) is 12.6. The molecule has 1 N–H and O–H groups in total. The van der Waals surface area contributed by atoms with Crippen molar-refractivity contribution in [3.05, 3.63) is 54.2 Å². The maximum atomic E-state index is 12.6. The van der Waals surface area contributed by atoms with E-state index in [4.69, 9.17) is 4.52 Å². The third kappa shape index (κ3) is 3.05. The molecule has 124 valence electrons. The van der Waals surface area contributed by atoms with E-state index in [1.807, 2.05) is 55.7 Å². The van der Waals surface area contributed by atoms with Crippen molar-refractivity contribution in [1.82, 2.24) is 25.2 Å². The number of carbonyl (C=O) groups is 1. The predicted octanol–water partition coefficient (Wildman–Crippen LogP) is 3.01. The smallest absolute Gasteiger partial charge is 0.257 e. The number of aromatic nitrogens is 4. The summed E-state index contributed by atoms with van der Waals surface area (Å²) in [5.74, 6) is 0.891. The summed E-state index contributed by atoms with van der Waals surface area (Å²) in [6, 6.07) is 9.33. The molecule has 1 amide bonds. The average molecular weight is 325 g/mol. The lowest BCUT2D eigenvalue weighted by molar-refractivity contribution is 0.0937. The third-order valence-corrected chi connectivity index (χ3v) is 3.74. The van der Waals surface area contributed by atoms with Crippen molar-refractivity contribution in [1.29, 1.82) is 0 Å². The Labute approximate surface area is 139 Å². The molecule has 0 saturated carbocycles. The van der Waals surface area contributed by atoms with E-state index in [9.17, 15) is 4.79 Å². The van der Waals surface area contributed by atoms with E-state index < -0.39 is 0 Å². The summed E-state index contributed by atoms with van der Waals surface area (Å²) < 4.78 is 7.19. The second-order valence-electron chi connectivity index (χ2n) is 5.82. The van der Waals surface area contributed by atoms with Crippen LogP contribution in [-0.2, 0) is 0 Å². The van der Waals surface area contributed by atoms with Crippen LogP contribution in [0.3, 0.4) is 0 Å². The highest BCUT2D eigenvalue weighted by molar-refractivity contribution is 5.99. The molecule has 0 aliphatic carbocycles. The van der Waals surface area contributed by atoms with Crippen LogP contribution >= 0.6 is 0 Å². The van der Waals surface area contributed by atoms with Crippen LogP contribution in [0.1, 0.15) is 49.0 Å². The van der Waals surface area contributed by atoms with Crippen LogP contribution in [-0.4, -0.2) is 25.8 Å². The lowest BCUT2D eigenvalue weighted by Crippen LogP contribution is -2.29. The molecule has 7 nitrogen and oxygen atoms in total. The summed E-state index contributed by atoms with van der Waals surface area (Å²) in [7, 11) is 0. The van der Waals surface area contributed by atoms with Gasteiger partial charge in [-0.3, -0.25) is 4.79 Å². The minimum absolute atomic E-state index is 0.213. The molecule has 0 bridgehead atoms. The van der Waals surface area contributed by atoms with Gasteiger partial charge in [0, 0.05) is 11.6 Å². The Morgan fingerprint density at radius 2 is 1.96 bits per heavy atom. The van der Waals surface area contributed by atoms with Gasteiger partial charge in [-0.15, -0.1) is 10.2 Å². The highest BCUT2D eigenvalue weighted by Gasteiger charge is 2.22. The van der Waals surface area contributed by atoms with Crippen molar-refractivity contribution in [2.24, 2.45) is 0 Å². The Hall–Kier alpha value is -2.96. The molecule has 0 saturated heterocycles. The Bertz CT molecular complexity index is 822. The molecule has 2 aromatic heterocycles. The summed E-state index contributed by atoms with van der Waals surface area (Å²) in [6.07, 6.45) is 3.09. The highest BCUT2D eigenvalue weighted by atomic mass is 16.5. The largest absolute Gasteiger partial charge is 0.355 e. The quantitative estimate of drug-likeness (QED) is 0.779. The van der Waals surface area contributed by atoms with Gasteiger partial charge in [0.15, 0.2) is 11.6 Å². The molecule has 0 radical (unpaired) electrons. The topological polar surface area (TPSA) is 85.8 Å². The first-order valence-electron chi connectivity index (χ1n) is 7.78. The molecule has 0 spiro atoms. The van der Waals surface area contributed by atoms with Gasteiger partial charge in [-0.05, 0) is 20.8 Å². The zero-order valence-corrected chi connectivity index (χ0v) is 13.8. The summed E-state index contributed by atoms with van der Waals surface area (Å²) >= 11 is 0. The molecule has 24 heavy (non-hydrogen) atoms. The Balaban J connectivity index is 1.81. The first-order valence-corrected chi connectivity index (χ1v) is 7.78. The molecule has 3 rings (SSSR count). The maximum absolute atomic E-state index is 12.6. The maximum Gasteiger partial charge on any atom is 0.257 e. The van der Waals surface area contributed by atoms with Gasteiger partial charge in [0.2, 0.25) is 0 Å². The fourth-order valence-corrected chi connectivity index (χ4v) is 2.50. The van der Waals surface area contributed by atoms with Gasteiger partial charge in [-0.2, -0.15) is 0 Å². The van der Waals surface area contributed by atoms with Gasteiger partial charge in [0.25, 0.3) is 5.91 Å². The lowest BCUT2D eigenvalue weighted by Gasteiger charge is -2.16. The first kappa shape index (κ1) is 15.9. The van der Waals surface area contributed by atoms with Crippen LogP contribution in [0.25, 0.3) is 11.3 Å². The number of carbonyl (C=O) groups excluding carboxylic acids is 1. The van der Waals surface area contributed by atoms with Crippen molar-refractivity contribution >= 4 is 5.91 Å². The van der Waals surface area contributed by atoms with Crippen LogP contribution in [0, 0.1) is 0 Å². The van der Waals surface area contributed by atoms with E-state index in [2.05, 4.69) is 20.7 Å². The standard InChI is InChI=1S/C17H19N5O2/c1-11(2)22-10-18-21-16(22)12(3)20-17(23)14-9-19-24-15(14)13-7-5-4-6-8-13/h4-12H,1-3H3,(H,20,23)/t12-/m1/s1. The molecule has 2 heterocycles. The van der Waals surface area contributed by atoms with Gasteiger partial charge in [-0.25, -0.2) is 0 Å². The zero-order valence-electron chi connectivity index (χ0n) is 13.8. The average Bonchev–Trinajstić information content (AvgIpc) is 3.25. The van der Waals surface area contributed by atoms with E-state index in [1.165, 1.54) is 6.20 Å². The molecular weight excluding hydrogens is 306 g/mol. The van der Waals surface area contributed by atoms with Crippen molar-refractivity contribution in [2.75, 3.05) is 0 Å². The van der Waals surface area contributed by atoms with Gasteiger partial charge in [0.05, 0.1) is 12.2 Å². The molecule has 0 aliphatic rings. The number of nitrogens with one attached hydrogen (secondary N) is 1. The SMILES string of the molecule is CC(C)n1cnnc1[C@@H](C)NC(=O)c1cnoc1-c1ccccc1. The van der Waals surface area contributed by atoms with Crippen molar-refractivity contribution in [3.8, 4) is 11.3 Å². The minimum Gasteiger partial charge on any atom is -0.355 e. The molecule has 0 unspecified atom stereocenters. The summed E-state index contributed by atoms with van der Waals surface area (Å²) in [5, 5.41) is 14.7. The van der Waals surface area contributed by atoms with E-state index in [1.54, 1.807) is 6.33 Å². The van der Waals surface area contributed by atoms with E-state index in [0.717, 1.165) is 5.56 Å². The monoisotopic (exact) mass is 325 g/mol. The number of amides is 1. The Morgan fingerprint density at radius 1 is 1.21 bits per heavy atom. The number of nitrogens with zero attached hydrogens (tertiary/aromatic N) is 4. The predicted molar refractivity (Wildman–Crippen MR) is 88.2 cm³/mol. The van der Waals surface area contributed by atoms with Crippen LogP contribution < -0.4 is 5.32 Å². The van der Waals surface area contributed by atoms with Gasteiger partial charge < -0.3 is 14.4 Å². The van der Waals surface area contributed by atoms with Crippen LogP contribution in [0.4, 0.5) is 0 Å². The van der Waals surface area contributed by atoms with Gasteiger partial charge in [0.1, 0.15) is 11.9 Å². The molecule has 0 fully saturated rings. The van der Waals surface area contributed by atoms with Crippen LogP contribution in [0.5, 0.6) is 0 Å². The first-order chi connectivity index (χ1) is 11.6. The van der Waals surface area contributed by atoms with E-state index >= 15 is 0 Å². The van der Waals surface area contributed by atoms with Gasteiger partial charge >= 0.3 is 0 Å². The number of hydrogen-bond donors (Lipinski definition) is 1. The summed E-state index contributed by atoms with van der Waals surface area (Å²) in [6.45, 7) is 5.94. The Morgan fingerprint density at radius 3 is 2.67 bits per heavy atom. The van der Waals surface area contributed by atoms with Crippen LogP contribution in [0.15, 0.2) is 47.4 Å². The molecular formula is C17H19N5O2. The van der Waals surface area contributed by atoms with Crippen molar-refractivity contribution in [3.63, 3.8) is 0 Å². The second kappa shape index (κ2) is 6.66. The normalized spacial score (nSPS) is 12.3. The minimum atomic E-state index is -0.291. The van der Waals surface area contributed by atoms with Crippen molar-refractivity contribution in [2.45, 2.75) is 32.9 Å². The molecule has 0 aliphatic heterocycles. The Kier molecular flexibility index (Phi) is 4.41. The number of hydrogen-bond acceptors (Lipinski definition) is 5. The molecule has 1 atom stereocenters. The van der Waals surface area contributed by atoms with E-state index in [0.29, 0.717) is 17.1 Å². The third-order valence-electron chi connectivity index (χ3n) is 3.74. The number of benzene rings is 1. The van der Waals surface area contributed by atoms with Gasteiger partial charge in [-0.1, -0.05) is 35.5 Å². The van der Waals surface area contributed by atoms with E-state index in [-0.39, 0.29) is 18.0 Å². The summed E-state index contributed by atoms with van der Waals surface area (Å²) in [5.41, 5.74) is 1.20. The fourth-order valence-electron chi connectivity index (χ4n) is 2.50. The van der Waals surface area contributed by atoms with Crippen LogP contribution in [0.2, 0.25) is 0 Å².